The maximum Gasteiger partial charge on any atom is 0.223 e. The van der Waals surface area contributed by atoms with Crippen LogP contribution in [0.15, 0.2) is 53.3 Å². The van der Waals surface area contributed by atoms with Gasteiger partial charge in [-0.05, 0) is 42.2 Å². The van der Waals surface area contributed by atoms with Gasteiger partial charge in [-0.15, -0.1) is 0 Å². The number of carbonyl (C=O) groups is 1. The van der Waals surface area contributed by atoms with E-state index in [2.05, 4.69) is 15.3 Å². The molecule has 1 aliphatic rings. The number of rotatable bonds is 5. The van der Waals surface area contributed by atoms with E-state index in [0.29, 0.717) is 30.9 Å². The molecule has 0 radical (unpaired) electrons. The minimum Gasteiger partial charge on any atom is -0.497 e. The number of methoxy groups -OCH3 is 1. The van der Waals surface area contributed by atoms with Crippen LogP contribution in [-0.2, 0) is 13.0 Å². The lowest BCUT2D eigenvalue weighted by molar-refractivity contribution is 0.0962. The van der Waals surface area contributed by atoms with Crippen molar-refractivity contribution in [3.63, 3.8) is 0 Å². The number of furan rings is 1. The molecule has 0 spiro atoms. The number of carbonyl (C=O) groups excluding carboxylic acids is 1. The predicted octanol–water partition coefficient (Wildman–Crippen LogP) is 3.60. The molecule has 6 heteroatoms. The SMILES string of the molecule is COc1ccc([C@@H]2CC(=O)c3cnc(NCc4ccco4)nc3C2)cc1. The standard InChI is InChI=1S/C20H19N3O3/c1-25-15-6-4-13(5-7-15)14-9-18-17(19(24)10-14)12-22-20(23-18)21-11-16-3-2-8-26-16/h2-8,12,14H,9-11H2,1H3,(H,21,22,23)/t14-/m0/s1. The second kappa shape index (κ2) is 7.00. The minimum absolute atomic E-state index is 0.0876. The Morgan fingerprint density at radius 1 is 1.23 bits per heavy atom. The van der Waals surface area contributed by atoms with E-state index in [9.17, 15) is 4.79 Å². The van der Waals surface area contributed by atoms with Gasteiger partial charge in [-0.3, -0.25) is 4.79 Å². The van der Waals surface area contributed by atoms with Gasteiger partial charge >= 0.3 is 0 Å². The molecule has 0 saturated carbocycles. The molecule has 1 N–H and O–H groups in total. The first-order valence-electron chi connectivity index (χ1n) is 8.52. The summed E-state index contributed by atoms with van der Waals surface area (Å²) in [6.07, 6.45) is 4.44. The Bertz CT molecular complexity index is 905. The van der Waals surface area contributed by atoms with Gasteiger partial charge in [0.2, 0.25) is 5.95 Å². The predicted molar refractivity (Wildman–Crippen MR) is 96.5 cm³/mol. The molecule has 0 unspecified atom stereocenters. The summed E-state index contributed by atoms with van der Waals surface area (Å²) in [6.45, 7) is 0.502. The monoisotopic (exact) mass is 349 g/mol. The number of benzene rings is 1. The number of anilines is 1. The Hall–Kier alpha value is -3.15. The number of nitrogens with one attached hydrogen (secondary N) is 1. The van der Waals surface area contributed by atoms with Gasteiger partial charge in [0, 0.05) is 12.6 Å². The highest BCUT2D eigenvalue weighted by Gasteiger charge is 2.28. The first-order chi connectivity index (χ1) is 12.7. The molecule has 0 saturated heterocycles. The first-order valence-corrected chi connectivity index (χ1v) is 8.52. The Morgan fingerprint density at radius 3 is 2.81 bits per heavy atom. The van der Waals surface area contributed by atoms with E-state index in [1.807, 2.05) is 36.4 Å². The van der Waals surface area contributed by atoms with E-state index in [4.69, 9.17) is 9.15 Å². The number of aromatic nitrogens is 2. The number of ether oxygens (including phenoxy) is 1. The molecule has 3 aromatic rings. The van der Waals surface area contributed by atoms with Gasteiger partial charge in [-0.25, -0.2) is 9.97 Å². The Labute approximate surface area is 151 Å². The smallest absolute Gasteiger partial charge is 0.223 e. The largest absolute Gasteiger partial charge is 0.497 e. The molecule has 0 fully saturated rings. The average Bonchev–Trinajstić information content (AvgIpc) is 3.20. The van der Waals surface area contributed by atoms with Crippen LogP contribution in [0, 0.1) is 0 Å². The van der Waals surface area contributed by atoms with Gasteiger partial charge in [0.25, 0.3) is 0 Å². The zero-order valence-corrected chi connectivity index (χ0v) is 14.4. The van der Waals surface area contributed by atoms with Crippen LogP contribution < -0.4 is 10.1 Å². The van der Waals surface area contributed by atoms with Gasteiger partial charge in [-0.2, -0.15) is 0 Å². The van der Waals surface area contributed by atoms with Crippen molar-refractivity contribution < 1.29 is 13.9 Å². The molecule has 0 amide bonds. The fourth-order valence-electron chi connectivity index (χ4n) is 3.22. The maximum absolute atomic E-state index is 12.5. The highest BCUT2D eigenvalue weighted by atomic mass is 16.5. The quantitative estimate of drug-likeness (QED) is 0.758. The van der Waals surface area contributed by atoms with E-state index in [-0.39, 0.29) is 11.7 Å². The molecular weight excluding hydrogens is 330 g/mol. The topological polar surface area (TPSA) is 77.2 Å². The molecule has 132 valence electrons. The van der Waals surface area contributed by atoms with Crippen molar-refractivity contribution >= 4 is 11.7 Å². The first kappa shape index (κ1) is 16.3. The summed E-state index contributed by atoms with van der Waals surface area (Å²) in [7, 11) is 1.64. The summed E-state index contributed by atoms with van der Waals surface area (Å²) >= 11 is 0. The molecular formula is C20H19N3O3. The molecule has 1 aliphatic carbocycles. The number of hydrogen-bond donors (Lipinski definition) is 1. The lowest BCUT2D eigenvalue weighted by Gasteiger charge is -2.23. The third kappa shape index (κ3) is 3.31. The van der Waals surface area contributed by atoms with Gasteiger partial charge in [0.1, 0.15) is 11.5 Å². The molecule has 0 aliphatic heterocycles. The van der Waals surface area contributed by atoms with E-state index < -0.39 is 0 Å². The van der Waals surface area contributed by atoms with E-state index >= 15 is 0 Å². The summed E-state index contributed by atoms with van der Waals surface area (Å²) in [4.78, 5) is 21.3. The number of fused-ring (bicyclic) bond motifs is 1. The number of ketones is 1. The molecule has 0 bridgehead atoms. The molecule has 1 atom stereocenters. The third-order valence-electron chi connectivity index (χ3n) is 4.63. The van der Waals surface area contributed by atoms with Crippen molar-refractivity contribution in [1.82, 2.24) is 9.97 Å². The highest BCUT2D eigenvalue weighted by molar-refractivity contribution is 5.98. The summed E-state index contributed by atoms with van der Waals surface area (Å²) < 4.78 is 10.5. The second-order valence-corrected chi connectivity index (χ2v) is 6.29. The number of nitrogens with zero attached hydrogens (tertiary/aromatic N) is 2. The summed E-state index contributed by atoms with van der Waals surface area (Å²) in [6, 6.07) is 11.6. The van der Waals surface area contributed by atoms with Gasteiger partial charge in [0.15, 0.2) is 5.78 Å². The zero-order valence-electron chi connectivity index (χ0n) is 14.4. The molecule has 2 aromatic heterocycles. The van der Waals surface area contributed by atoms with Crippen LogP contribution in [0.4, 0.5) is 5.95 Å². The van der Waals surface area contributed by atoms with Crippen molar-refractivity contribution in [3.05, 3.63) is 71.4 Å². The maximum atomic E-state index is 12.5. The summed E-state index contributed by atoms with van der Waals surface area (Å²) in [5, 5.41) is 3.14. The van der Waals surface area contributed by atoms with E-state index in [1.165, 1.54) is 0 Å². The molecule has 1 aromatic carbocycles. The molecule has 6 nitrogen and oxygen atoms in total. The second-order valence-electron chi connectivity index (χ2n) is 6.29. The third-order valence-corrected chi connectivity index (χ3v) is 4.63. The van der Waals surface area contributed by atoms with E-state index in [1.54, 1.807) is 19.6 Å². The lowest BCUT2D eigenvalue weighted by atomic mass is 9.82. The zero-order chi connectivity index (χ0) is 17.9. The van der Waals surface area contributed by atoms with Crippen molar-refractivity contribution in [3.8, 4) is 5.75 Å². The fourth-order valence-corrected chi connectivity index (χ4v) is 3.22. The van der Waals surface area contributed by atoms with Crippen LogP contribution in [0.2, 0.25) is 0 Å². The van der Waals surface area contributed by atoms with Crippen LogP contribution >= 0.6 is 0 Å². The van der Waals surface area contributed by atoms with Crippen LogP contribution in [0.5, 0.6) is 5.75 Å². The molecule has 4 rings (SSSR count). The fraction of sp³-hybridized carbons (Fsp3) is 0.250. The summed E-state index contributed by atoms with van der Waals surface area (Å²) in [5.41, 5.74) is 2.53. The van der Waals surface area contributed by atoms with Crippen molar-refractivity contribution in [2.75, 3.05) is 12.4 Å². The van der Waals surface area contributed by atoms with E-state index in [0.717, 1.165) is 22.8 Å². The average molecular weight is 349 g/mol. The number of hydrogen-bond acceptors (Lipinski definition) is 6. The van der Waals surface area contributed by atoms with Crippen molar-refractivity contribution in [1.29, 1.82) is 0 Å². The normalized spacial score (nSPS) is 16.2. The van der Waals surface area contributed by atoms with Crippen LogP contribution in [0.1, 0.15) is 39.7 Å². The highest BCUT2D eigenvalue weighted by Crippen LogP contribution is 2.32. The summed E-state index contributed by atoms with van der Waals surface area (Å²) in [5.74, 6) is 2.32. The van der Waals surface area contributed by atoms with Crippen LogP contribution in [0.25, 0.3) is 0 Å². The van der Waals surface area contributed by atoms with Crippen molar-refractivity contribution in [2.45, 2.75) is 25.3 Å². The molecule has 2 heterocycles. The molecule has 26 heavy (non-hydrogen) atoms. The van der Waals surface area contributed by atoms with Gasteiger partial charge in [0.05, 0.1) is 31.2 Å². The Balaban J connectivity index is 1.53. The minimum atomic E-state index is 0.0876. The van der Waals surface area contributed by atoms with Crippen molar-refractivity contribution in [2.24, 2.45) is 0 Å². The number of Topliss-reactive ketones (excluding diaryl/α,β-unsaturated/α-hetero) is 1. The van der Waals surface area contributed by atoms with Crippen LogP contribution in [-0.4, -0.2) is 22.9 Å². The van der Waals surface area contributed by atoms with Gasteiger partial charge in [-0.1, -0.05) is 12.1 Å². The lowest BCUT2D eigenvalue weighted by Crippen LogP contribution is -2.21. The Kier molecular flexibility index (Phi) is 4.39. The van der Waals surface area contributed by atoms with Gasteiger partial charge < -0.3 is 14.5 Å². The Morgan fingerprint density at radius 2 is 2.08 bits per heavy atom. The van der Waals surface area contributed by atoms with Crippen LogP contribution in [0.3, 0.4) is 0 Å².